The maximum atomic E-state index is 13.6. The van der Waals surface area contributed by atoms with E-state index < -0.39 is 18.2 Å². The van der Waals surface area contributed by atoms with E-state index in [1.807, 2.05) is 43.3 Å². The van der Waals surface area contributed by atoms with E-state index in [-0.39, 0.29) is 12.5 Å². The molecule has 7 heteroatoms. The van der Waals surface area contributed by atoms with Crippen LogP contribution in [0.25, 0.3) is 10.8 Å². The van der Waals surface area contributed by atoms with Gasteiger partial charge in [0.2, 0.25) is 0 Å². The van der Waals surface area contributed by atoms with E-state index >= 15 is 0 Å². The second-order valence-electron chi connectivity index (χ2n) is 7.71. The van der Waals surface area contributed by atoms with Crippen LogP contribution in [0.2, 0.25) is 0 Å². The van der Waals surface area contributed by atoms with Crippen LogP contribution in [-0.4, -0.2) is 29.2 Å². The second kappa shape index (κ2) is 8.00. The summed E-state index contributed by atoms with van der Waals surface area (Å²) in [6.07, 6.45) is -1.27. The van der Waals surface area contributed by atoms with Crippen LogP contribution >= 0.6 is 0 Å². The molecule has 0 aliphatic carbocycles. The summed E-state index contributed by atoms with van der Waals surface area (Å²) in [5.74, 6) is -0.349. The van der Waals surface area contributed by atoms with Crippen LogP contribution in [0.1, 0.15) is 23.6 Å². The molecule has 1 heterocycles. The lowest BCUT2D eigenvalue weighted by molar-refractivity contribution is -0.120. The van der Waals surface area contributed by atoms with Crippen molar-refractivity contribution in [2.24, 2.45) is 0 Å². The van der Waals surface area contributed by atoms with Gasteiger partial charge in [0.25, 0.3) is 5.91 Å². The number of nitriles is 1. The topological polar surface area (TPSA) is 105 Å². The Balaban J connectivity index is 1.86. The molecular weight excluding hydrogens is 392 g/mol. The third-order valence-corrected chi connectivity index (χ3v) is 5.70. The van der Waals surface area contributed by atoms with Crippen LogP contribution in [0, 0.1) is 18.3 Å². The predicted molar refractivity (Wildman–Crippen MR) is 119 cm³/mol. The third kappa shape index (κ3) is 3.76. The fourth-order valence-electron chi connectivity index (χ4n) is 4.08. The van der Waals surface area contributed by atoms with Crippen molar-refractivity contribution in [2.75, 3.05) is 10.2 Å². The summed E-state index contributed by atoms with van der Waals surface area (Å²) in [6, 6.07) is 17.7. The number of carboxylic acid groups (broad SMARTS) is 1. The average Bonchev–Trinajstić information content (AvgIpc) is 2.85. The Hall–Kier alpha value is -4.05. The molecule has 0 saturated carbocycles. The Morgan fingerprint density at radius 2 is 2.00 bits per heavy atom. The van der Waals surface area contributed by atoms with E-state index in [1.165, 1.54) is 0 Å². The highest BCUT2D eigenvalue weighted by Gasteiger charge is 2.36. The van der Waals surface area contributed by atoms with Gasteiger partial charge >= 0.3 is 6.09 Å². The van der Waals surface area contributed by atoms with E-state index in [9.17, 15) is 20.0 Å². The number of fused-ring (bicyclic) bond motifs is 2. The van der Waals surface area contributed by atoms with Crippen molar-refractivity contribution in [1.82, 2.24) is 5.32 Å². The lowest BCUT2D eigenvalue weighted by Gasteiger charge is -2.27. The largest absolute Gasteiger partial charge is 0.465 e. The monoisotopic (exact) mass is 414 g/mol. The van der Waals surface area contributed by atoms with Crippen LogP contribution < -0.4 is 15.5 Å². The predicted octanol–water partition coefficient (Wildman–Crippen LogP) is 4.00. The Kier molecular flexibility index (Phi) is 5.22. The molecule has 0 bridgehead atoms. The number of carbonyl (C=O) groups excluding carboxylic acids is 1. The van der Waals surface area contributed by atoms with Gasteiger partial charge in [0.15, 0.2) is 0 Å². The Bertz CT molecular complexity index is 1230. The first kappa shape index (κ1) is 20.2. The number of amides is 2. The summed E-state index contributed by atoms with van der Waals surface area (Å²) in [6.45, 7) is 4.02. The minimum absolute atomic E-state index is 0.275. The van der Waals surface area contributed by atoms with Gasteiger partial charge in [-0.05, 0) is 53.9 Å². The van der Waals surface area contributed by atoms with Gasteiger partial charge in [-0.2, -0.15) is 5.26 Å². The van der Waals surface area contributed by atoms with Crippen LogP contribution in [0.5, 0.6) is 0 Å². The Morgan fingerprint density at radius 1 is 1.23 bits per heavy atom. The van der Waals surface area contributed by atoms with Crippen molar-refractivity contribution in [3.05, 3.63) is 71.3 Å². The summed E-state index contributed by atoms with van der Waals surface area (Å²) in [4.78, 5) is 26.5. The summed E-state index contributed by atoms with van der Waals surface area (Å²) < 4.78 is 0. The number of hydrogen-bond donors (Lipinski definition) is 3. The van der Waals surface area contributed by atoms with Gasteiger partial charge in [0.05, 0.1) is 35.6 Å². The smallest absolute Gasteiger partial charge is 0.405 e. The number of benzene rings is 3. The molecule has 3 N–H and O–H groups in total. The van der Waals surface area contributed by atoms with Crippen molar-refractivity contribution >= 4 is 34.1 Å². The molecule has 7 nitrogen and oxygen atoms in total. The highest BCUT2D eigenvalue weighted by atomic mass is 16.4. The standard InChI is InChI=1S/C24H22N4O3/c1-14-7-9-17-5-3-4-6-18(17)19(14)13-28-21-10-8-16(12-25)11-20(21)26-15(2)22(23(28)29)27-24(30)31/h3-11,15,22,26-27H,13H2,1-2H3,(H,30,31)/t15-,22-/m0/s1. The van der Waals surface area contributed by atoms with Gasteiger partial charge in [-0.25, -0.2) is 4.79 Å². The van der Waals surface area contributed by atoms with Gasteiger partial charge in [-0.15, -0.1) is 0 Å². The van der Waals surface area contributed by atoms with E-state index in [0.717, 1.165) is 21.9 Å². The molecule has 3 aromatic carbocycles. The van der Waals surface area contributed by atoms with Gasteiger partial charge < -0.3 is 20.6 Å². The molecule has 31 heavy (non-hydrogen) atoms. The number of nitrogens with one attached hydrogen (secondary N) is 2. The molecule has 1 aliphatic rings. The van der Waals surface area contributed by atoms with Crippen molar-refractivity contribution in [1.29, 1.82) is 5.26 Å². The van der Waals surface area contributed by atoms with Gasteiger partial charge in [0, 0.05) is 0 Å². The quantitative estimate of drug-likeness (QED) is 0.601. The minimum Gasteiger partial charge on any atom is -0.465 e. The summed E-state index contributed by atoms with van der Waals surface area (Å²) in [7, 11) is 0. The number of nitrogens with zero attached hydrogens (tertiary/aromatic N) is 2. The second-order valence-corrected chi connectivity index (χ2v) is 7.71. The van der Waals surface area contributed by atoms with E-state index in [1.54, 1.807) is 30.0 Å². The van der Waals surface area contributed by atoms with E-state index in [2.05, 4.69) is 16.7 Å². The molecule has 0 spiro atoms. The summed E-state index contributed by atoms with van der Waals surface area (Å²) in [5.41, 5.74) is 3.71. The molecule has 0 unspecified atom stereocenters. The van der Waals surface area contributed by atoms with Gasteiger partial charge in [-0.3, -0.25) is 4.79 Å². The maximum absolute atomic E-state index is 13.6. The molecule has 1 aliphatic heterocycles. The zero-order valence-corrected chi connectivity index (χ0v) is 17.2. The number of anilines is 2. The van der Waals surface area contributed by atoms with Gasteiger partial charge in [-0.1, -0.05) is 36.4 Å². The zero-order valence-electron chi connectivity index (χ0n) is 17.2. The zero-order chi connectivity index (χ0) is 22.1. The molecule has 0 saturated heterocycles. The maximum Gasteiger partial charge on any atom is 0.405 e. The van der Waals surface area contributed by atoms with Crippen molar-refractivity contribution < 1.29 is 14.7 Å². The summed E-state index contributed by atoms with van der Waals surface area (Å²) >= 11 is 0. The van der Waals surface area contributed by atoms with Gasteiger partial charge in [0.1, 0.15) is 6.04 Å². The van der Waals surface area contributed by atoms with Crippen LogP contribution in [0.3, 0.4) is 0 Å². The third-order valence-electron chi connectivity index (χ3n) is 5.70. The van der Waals surface area contributed by atoms with Crippen molar-refractivity contribution in [3.8, 4) is 6.07 Å². The van der Waals surface area contributed by atoms with Crippen LogP contribution in [0.4, 0.5) is 16.2 Å². The Morgan fingerprint density at radius 3 is 2.74 bits per heavy atom. The lowest BCUT2D eigenvalue weighted by Crippen LogP contribution is -2.53. The van der Waals surface area contributed by atoms with Crippen LogP contribution in [0.15, 0.2) is 54.6 Å². The molecule has 156 valence electrons. The van der Waals surface area contributed by atoms with E-state index in [4.69, 9.17) is 0 Å². The first-order valence-corrected chi connectivity index (χ1v) is 9.98. The average molecular weight is 414 g/mol. The highest BCUT2D eigenvalue weighted by Crippen LogP contribution is 2.34. The number of carbonyl (C=O) groups is 2. The first-order chi connectivity index (χ1) is 14.9. The number of hydrogen-bond acceptors (Lipinski definition) is 4. The molecule has 0 fully saturated rings. The normalized spacial score (nSPS) is 18.0. The number of rotatable bonds is 3. The highest BCUT2D eigenvalue weighted by molar-refractivity contribution is 6.04. The Labute approximate surface area is 179 Å². The number of aryl methyl sites for hydroxylation is 1. The van der Waals surface area contributed by atoms with E-state index in [0.29, 0.717) is 16.9 Å². The molecular formula is C24H22N4O3. The first-order valence-electron chi connectivity index (χ1n) is 9.98. The SMILES string of the molecule is Cc1ccc2ccccc2c1CN1C(=O)[C@@H](NC(=O)O)[C@H](C)Nc2cc(C#N)ccc21. The van der Waals surface area contributed by atoms with Crippen LogP contribution in [-0.2, 0) is 11.3 Å². The lowest BCUT2D eigenvalue weighted by atomic mass is 9.98. The molecule has 0 aromatic heterocycles. The molecule has 3 aromatic rings. The molecule has 2 atom stereocenters. The molecule has 0 radical (unpaired) electrons. The van der Waals surface area contributed by atoms with Crippen molar-refractivity contribution in [2.45, 2.75) is 32.5 Å². The molecule has 2 amide bonds. The summed E-state index contributed by atoms with van der Waals surface area (Å²) in [5, 5.41) is 26.3. The molecule has 4 rings (SSSR count). The fourth-order valence-corrected chi connectivity index (χ4v) is 4.08. The fraction of sp³-hybridized carbons (Fsp3) is 0.208. The minimum atomic E-state index is -1.27. The van der Waals surface area contributed by atoms with Crippen molar-refractivity contribution in [3.63, 3.8) is 0 Å².